The molecular formula is C28H43F3N6O4. The number of aromatic nitrogens is 1. The monoisotopic (exact) mass is 584 g/mol. The number of nitrogens with zero attached hydrogens (tertiary/aromatic N) is 2. The number of aliphatic carboxylic acids is 1. The van der Waals surface area contributed by atoms with Crippen LogP contribution in [0.2, 0.25) is 0 Å². The van der Waals surface area contributed by atoms with Gasteiger partial charge in [0.15, 0.2) is 0 Å². The Morgan fingerprint density at radius 3 is 2.51 bits per heavy atom. The number of carboxylic acids is 1. The standard InChI is InChI=1S/C28H43F3N6O4/c1-27(2,3)41-16-15-37(13-5-4-8-20-10-9-19-7-6-12-34-24(19)35-20)14-11-23(26(39)40)36-25(38)21(17-32)22(18-33)28(29,30)31/h9-10,17-18,23H,4-8,11-16,32-33H2,1-3H3,(H,34,35)(H,36,38)(H,39,40)/b21-17+,22-18+. The molecule has 1 amide bonds. The summed E-state index contributed by atoms with van der Waals surface area (Å²) >= 11 is 0. The number of pyridine rings is 1. The number of carbonyl (C=O) groups is 2. The zero-order chi connectivity index (χ0) is 30.6. The highest BCUT2D eigenvalue weighted by Crippen LogP contribution is 2.30. The molecule has 2 heterocycles. The van der Waals surface area contributed by atoms with Crippen molar-refractivity contribution in [2.24, 2.45) is 11.5 Å². The highest BCUT2D eigenvalue weighted by atomic mass is 19.4. The Hall–Kier alpha value is -3.32. The molecule has 0 aromatic carbocycles. The summed E-state index contributed by atoms with van der Waals surface area (Å²) in [6, 6.07) is 2.73. The summed E-state index contributed by atoms with van der Waals surface area (Å²) in [5.74, 6) is -1.70. The minimum absolute atomic E-state index is 0.0415. The van der Waals surface area contributed by atoms with Crippen molar-refractivity contribution < 1.29 is 32.6 Å². The molecule has 13 heteroatoms. The molecule has 0 bridgehead atoms. The van der Waals surface area contributed by atoms with Gasteiger partial charge in [-0.05, 0) is 77.5 Å². The van der Waals surface area contributed by atoms with Gasteiger partial charge in [0.2, 0.25) is 0 Å². The zero-order valence-corrected chi connectivity index (χ0v) is 24.0. The van der Waals surface area contributed by atoms with Gasteiger partial charge in [-0.1, -0.05) is 6.07 Å². The lowest BCUT2D eigenvalue weighted by atomic mass is 10.1. The van der Waals surface area contributed by atoms with E-state index in [4.69, 9.17) is 21.2 Å². The quantitative estimate of drug-likeness (QED) is 0.119. The number of rotatable bonds is 15. The predicted molar refractivity (Wildman–Crippen MR) is 151 cm³/mol. The molecule has 1 aromatic heterocycles. The normalized spacial score (nSPS) is 15.3. The molecule has 0 spiro atoms. The van der Waals surface area contributed by atoms with Crippen LogP contribution in [0.4, 0.5) is 19.0 Å². The van der Waals surface area contributed by atoms with E-state index in [9.17, 15) is 27.9 Å². The summed E-state index contributed by atoms with van der Waals surface area (Å²) in [5, 5.41) is 15.2. The summed E-state index contributed by atoms with van der Waals surface area (Å²) in [6.07, 6.45) is 0.283. The second-order valence-electron chi connectivity index (χ2n) is 10.9. The van der Waals surface area contributed by atoms with E-state index in [2.05, 4.69) is 22.8 Å². The number of anilines is 1. The number of nitrogens with two attached hydrogens (primary N) is 2. The molecule has 41 heavy (non-hydrogen) atoms. The van der Waals surface area contributed by atoms with Gasteiger partial charge in [0.25, 0.3) is 5.91 Å². The van der Waals surface area contributed by atoms with E-state index >= 15 is 0 Å². The van der Waals surface area contributed by atoms with E-state index in [1.807, 2.05) is 25.7 Å². The van der Waals surface area contributed by atoms with Gasteiger partial charge < -0.3 is 36.8 Å². The van der Waals surface area contributed by atoms with Crippen LogP contribution in [0.3, 0.4) is 0 Å². The van der Waals surface area contributed by atoms with Gasteiger partial charge in [-0.25, -0.2) is 9.78 Å². The van der Waals surface area contributed by atoms with Crippen LogP contribution in [0.5, 0.6) is 0 Å². The lowest BCUT2D eigenvalue weighted by molar-refractivity contribution is -0.141. The van der Waals surface area contributed by atoms with Crippen LogP contribution in [0, 0.1) is 0 Å². The van der Waals surface area contributed by atoms with E-state index in [-0.39, 0.29) is 24.8 Å². The van der Waals surface area contributed by atoms with Crippen molar-refractivity contribution in [3.8, 4) is 0 Å². The number of halogens is 3. The molecule has 1 atom stereocenters. The van der Waals surface area contributed by atoms with Gasteiger partial charge in [-0.3, -0.25) is 4.79 Å². The first-order valence-electron chi connectivity index (χ1n) is 13.8. The summed E-state index contributed by atoms with van der Waals surface area (Å²) in [4.78, 5) is 31.2. The van der Waals surface area contributed by atoms with Gasteiger partial charge in [0.1, 0.15) is 11.9 Å². The Morgan fingerprint density at radius 1 is 1.17 bits per heavy atom. The van der Waals surface area contributed by atoms with Gasteiger partial charge in [0.05, 0.1) is 23.4 Å². The van der Waals surface area contributed by atoms with Crippen molar-refractivity contribution in [3.63, 3.8) is 0 Å². The highest BCUT2D eigenvalue weighted by molar-refractivity contribution is 5.99. The third-order valence-corrected chi connectivity index (χ3v) is 6.56. The van der Waals surface area contributed by atoms with Crippen LogP contribution in [0.15, 0.2) is 35.7 Å². The minimum Gasteiger partial charge on any atom is -0.480 e. The first-order chi connectivity index (χ1) is 19.2. The topological polar surface area (TPSA) is 156 Å². The molecule has 1 aliphatic rings. The molecule has 1 aromatic rings. The van der Waals surface area contributed by atoms with Crippen molar-refractivity contribution in [1.29, 1.82) is 0 Å². The smallest absolute Gasteiger partial charge is 0.418 e. The summed E-state index contributed by atoms with van der Waals surface area (Å²) in [5.41, 5.74) is 9.80. The van der Waals surface area contributed by atoms with Crippen molar-refractivity contribution in [3.05, 3.63) is 46.9 Å². The number of carbonyl (C=O) groups excluding carboxylic acids is 1. The lowest BCUT2D eigenvalue weighted by Crippen LogP contribution is -2.45. The SMILES string of the molecule is CC(C)(C)OCCN(CCCCc1ccc2c(n1)NCCC2)CCC(NC(=O)C(=C/N)/C(=C\N)C(F)(F)F)C(=O)O. The first-order valence-corrected chi connectivity index (χ1v) is 13.8. The van der Waals surface area contributed by atoms with Gasteiger partial charge >= 0.3 is 12.1 Å². The van der Waals surface area contributed by atoms with Crippen LogP contribution in [-0.2, 0) is 27.2 Å². The van der Waals surface area contributed by atoms with Crippen molar-refractivity contribution in [2.45, 2.75) is 77.1 Å². The first kappa shape index (κ1) is 33.9. The molecule has 0 saturated heterocycles. The number of ether oxygens (including phenoxy) is 1. The van der Waals surface area contributed by atoms with Crippen LogP contribution in [0.25, 0.3) is 0 Å². The largest absolute Gasteiger partial charge is 0.480 e. The molecule has 2 rings (SSSR count). The predicted octanol–water partition coefficient (Wildman–Crippen LogP) is 3.09. The Morgan fingerprint density at radius 2 is 1.90 bits per heavy atom. The average molecular weight is 585 g/mol. The number of aryl methyl sites for hydroxylation is 2. The Labute approximate surface area is 239 Å². The Kier molecular flexibility index (Phi) is 12.9. The molecule has 0 saturated carbocycles. The summed E-state index contributed by atoms with van der Waals surface area (Å²) in [6.45, 7) is 8.54. The fraction of sp³-hybridized carbons (Fsp3) is 0.607. The molecule has 7 N–H and O–H groups in total. The fourth-order valence-electron chi connectivity index (χ4n) is 4.40. The molecule has 0 fully saturated rings. The maximum Gasteiger partial charge on any atom is 0.418 e. The van der Waals surface area contributed by atoms with Crippen LogP contribution >= 0.6 is 0 Å². The van der Waals surface area contributed by atoms with E-state index in [1.165, 1.54) is 5.56 Å². The van der Waals surface area contributed by atoms with Gasteiger partial charge in [0, 0.05) is 37.7 Å². The molecule has 0 aliphatic carbocycles. The van der Waals surface area contributed by atoms with Crippen LogP contribution in [0.1, 0.15) is 57.7 Å². The van der Waals surface area contributed by atoms with Crippen molar-refractivity contribution in [1.82, 2.24) is 15.2 Å². The summed E-state index contributed by atoms with van der Waals surface area (Å²) < 4.78 is 45.5. The molecule has 10 nitrogen and oxygen atoms in total. The van der Waals surface area contributed by atoms with Crippen molar-refractivity contribution in [2.75, 3.05) is 38.1 Å². The second-order valence-corrected chi connectivity index (χ2v) is 10.9. The van der Waals surface area contributed by atoms with E-state index in [0.717, 1.165) is 50.2 Å². The number of carboxylic acid groups (broad SMARTS) is 1. The van der Waals surface area contributed by atoms with Gasteiger partial charge in [-0.15, -0.1) is 0 Å². The highest BCUT2D eigenvalue weighted by Gasteiger charge is 2.39. The summed E-state index contributed by atoms with van der Waals surface area (Å²) in [7, 11) is 0. The zero-order valence-electron chi connectivity index (χ0n) is 24.0. The number of hydrogen-bond acceptors (Lipinski definition) is 8. The van der Waals surface area contributed by atoms with E-state index in [1.54, 1.807) is 0 Å². The number of unbranched alkanes of at least 4 members (excludes halogenated alkanes) is 1. The Bertz CT molecular complexity index is 1090. The molecule has 0 radical (unpaired) electrons. The maximum absolute atomic E-state index is 13.2. The molecule has 230 valence electrons. The minimum atomic E-state index is -4.94. The lowest BCUT2D eigenvalue weighted by Gasteiger charge is -2.27. The second kappa shape index (κ2) is 15.6. The fourth-order valence-corrected chi connectivity index (χ4v) is 4.40. The number of hydrogen-bond donors (Lipinski definition) is 5. The number of alkyl halides is 3. The van der Waals surface area contributed by atoms with Crippen LogP contribution in [-0.4, -0.2) is 77.5 Å². The Balaban J connectivity index is 1.99. The number of fused-ring (bicyclic) bond motifs is 1. The van der Waals surface area contributed by atoms with E-state index < -0.39 is 35.2 Å². The maximum atomic E-state index is 13.2. The number of amides is 1. The third kappa shape index (κ3) is 11.6. The van der Waals surface area contributed by atoms with Crippen molar-refractivity contribution >= 4 is 17.7 Å². The van der Waals surface area contributed by atoms with E-state index in [0.29, 0.717) is 25.9 Å². The molecule has 1 unspecified atom stereocenters. The molecular weight excluding hydrogens is 541 g/mol. The third-order valence-electron chi connectivity index (χ3n) is 6.56. The average Bonchev–Trinajstić information content (AvgIpc) is 2.89. The number of nitrogens with one attached hydrogen (secondary N) is 2. The van der Waals surface area contributed by atoms with Crippen LogP contribution < -0.4 is 22.1 Å². The van der Waals surface area contributed by atoms with Gasteiger partial charge in [-0.2, -0.15) is 13.2 Å². The molecule has 1 aliphatic heterocycles.